The molecule has 1 aromatic rings. The minimum absolute atomic E-state index is 0.325. The van der Waals surface area contributed by atoms with Crippen LogP contribution in [0, 0.1) is 0 Å². The first kappa shape index (κ1) is 11.5. The predicted octanol–water partition coefficient (Wildman–Crippen LogP) is -0.425. The molecule has 5 heteroatoms. The van der Waals surface area contributed by atoms with Crippen molar-refractivity contribution in [3.05, 3.63) is 29.8 Å². The molecule has 0 heterocycles. The van der Waals surface area contributed by atoms with Crippen molar-refractivity contribution in [2.75, 3.05) is 7.11 Å². The lowest BCUT2D eigenvalue weighted by Crippen LogP contribution is -2.34. The number of hydrogen-bond acceptors (Lipinski definition) is 4. The van der Waals surface area contributed by atoms with Gasteiger partial charge in [-0.3, -0.25) is 4.79 Å². The summed E-state index contributed by atoms with van der Waals surface area (Å²) in [7, 11) is 1.43. The van der Waals surface area contributed by atoms with Crippen LogP contribution in [0.15, 0.2) is 24.3 Å². The van der Waals surface area contributed by atoms with Gasteiger partial charge in [-0.2, -0.15) is 0 Å². The highest BCUT2D eigenvalue weighted by molar-refractivity contribution is 5.79. The molecule has 2 atom stereocenters. The third kappa shape index (κ3) is 2.45. The third-order valence-electron chi connectivity index (χ3n) is 2.05. The van der Waals surface area contributed by atoms with Crippen molar-refractivity contribution in [3.8, 4) is 5.75 Å². The number of para-hydroxylation sites is 1. The lowest BCUT2D eigenvalue weighted by Gasteiger charge is -2.17. The number of aliphatic hydroxyl groups is 2. The molecule has 1 amide bonds. The number of carbonyl (C=O) groups is 1. The number of ether oxygens (including phenoxy) is 1. The minimum atomic E-state index is -1.64. The molecule has 15 heavy (non-hydrogen) atoms. The van der Waals surface area contributed by atoms with Crippen LogP contribution in [0.3, 0.4) is 0 Å². The summed E-state index contributed by atoms with van der Waals surface area (Å²) in [6.45, 7) is 0. The van der Waals surface area contributed by atoms with E-state index in [-0.39, 0.29) is 0 Å². The van der Waals surface area contributed by atoms with Crippen molar-refractivity contribution in [3.63, 3.8) is 0 Å². The number of primary amides is 1. The molecule has 0 aromatic heterocycles. The Kier molecular flexibility index (Phi) is 3.65. The molecule has 5 nitrogen and oxygen atoms in total. The number of benzene rings is 1. The summed E-state index contributed by atoms with van der Waals surface area (Å²) < 4.78 is 4.97. The first-order chi connectivity index (χ1) is 7.07. The van der Waals surface area contributed by atoms with Gasteiger partial charge < -0.3 is 20.7 Å². The second kappa shape index (κ2) is 4.77. The first-order valence-corrected chi connectivity index (χ1v) is 4.36. The Morgan fingerprint density at radius 1 is 1.40 bits per heavy atom. The van der Waals surface area contributed by atoms with Crippen LogP contribution in [0.2, 0.25) is 0 Å². The Hall–Kier alpha value is -1.59. The molecule has 2 unspecified atom stereocenters. The van der Waals surface area contributed by atoms with Crippen molar-refractivity contribution in [1.29, 1.82) is 0 Å². The van der Waals surface area contributed by atoms with E-state index >= 15 is 0 Å². The summed E-state index contributed by atoms with van der Waals surface area (Å²) in [5.74, 6) is -0.585. The minimum Gasteiger partial charge on any atom is -0.496 e. The number of hydrogen-bond donors (Lipinski definition) is 3. The summed E-state index contributed by atoms with van der Waals surface area (Å²) in [5, 5.41) is 18.9. The van der Waals surface area contributed by atoms with Crippen LogP contribution in [0.4, 0.5) is 0 Å². The van der Waals surface area contributed by atoms with E-state index in [4.69, 9.17) is 10.5 Å². The standard InChI is InChI=1S/C10H13NO4/c1-15-7-5-3-2-4-6(7)8(12)9(13)10(11)14/h2-5,8-9,12-13H,1H3,(H2,11,14). The van der Waals surface area contributed by atoms with Gasteiger partial charge >= 0.3 is 0 Å². The zero-order valence-electron chi connectivity index (χ0n) is 8.25. The molecule has 4 N–H and O–H groups in total. The van der Waals surface area contributed by atoms with Crippen LogP contribution < -0.4 is 10.5 Å². The number of aliphatic hydroxyl groups excluding tert-OH is 2. The van der Waals surface area contributed by atoms with E-state index in [0.29, 0.717) is 11.3 Å². The van der Waals surface area contributed by atoms with Crippen LogP contribution in [0.1, 0.15) is 11.7 Å². The van der Waals surface area contributed by atoms with Gasteiger partial charge in [0.25, 0.3) is 0 Å². The summed E-state index contributed by atoms with van der Waals surface area (Å²) in [4.78, 5) is 10.7. The van der Waals surface area contributed by atoms with E-state index in [1.807, 2.05) is 0 Å². The van der Waals surface area contributed by atoms with Crippen LogP contribution in [-0.4, -0.2) is 29.3 Å². The zero-order valence-corrected chi connectivity index (χ0v) is 8.25. The molecule has 0 spiro atoms. The second-order valence-electron chi connectivity index (χ2n) is 3.03. The molecule has 0 aliphatic carbocycles. The number of amides is 1. The average molecular weight is 211 g/mol. The van der Waals surface area contributed by atoms with Crippen molar-refractivity contribution in [1.82, 2.24) is 0 Å². The maximum atomic E-state index is 10.7. The van der Waals surface area contributed by atoms with Gasteiger partial charge in [-0.1, -0.05) is 18.2 Å². The van der Waals surface area contributed by atoms with Gasteiger partial charge in [-0.05, 0) is 6.07 Å². The molecule has 82 valence electrons. The largest absolute Gasteiger partial charge is 0.496 e. The average Bonchev–Trinajstić information content (AvgIpc) is 2.26. The molecular weight excluding hydrogens is 198 g/mol. The fourth-order valence-corrected chi connectivity index (χ4v) is 1.24. The van der Waals surface area contributed by atoms with E-state index in [0.717, 1.165) is 0 Å². The van der Waals surface area contributed by atoms with Crippen molar-refractivity contribution in [2.45, 2.75) is 12.2 Å². The van der Waals surface area contributed by atoms with Crippen LogP contribution in [-0.2, 0) is 4.79 Å². The molecule has 0 radical (unpaired) electrons. The van der Waals surface area contributed by atoms with Crippen LogP contribution in [0.5, 0.6) is 5.75 Å². The summed E-state index contributed by atoms with van der Waals surface area (Å²) >= 11 is 0. The third-order valence-corrected chi connectivity index (χ3v) is 2.05. The zero-order chi connectivity index (χ0) is 11.4. The highest BCUT2D eigenvalue weighted by Gasteiger charge is 2.25. The predicted molar refractivity (Wildman–Crippen MR) is 53.2 cm³/mol. The van der Waals surface area contributed by atoms with Gasteiger partial charge in [0.2, 0.25) is 5.91 Å². The van der Waals surface area contributed by atoms with Crippen molar-refractivity contribution < 1.29 is 19.7 Å². The second-order valence-corrected chi connectivity index (χ2v) is 3.03. The lowest BCUT2D eigenvalue weighted by atomic mass is 10.0. The van der Waals surface area contributed by atoms with Crippen LogP contribution in [0.25, 0.3) is 0 Å². The molecule has 1 rings (SSSR count). The smallest absolute Gasteiger partial charge is 0.249 e. The van der Waals surface area contributed by atoms with E-state index in [1.165, 1.54) is 7.11 Å². The summed E-state index contributed by atoms with van der Waals surface area (Å²) in [5.41, 5.74) is 5.20. The molecule has 0 fully saturated rings. The monoisotopic (exact) mass is 211 g/mol. The van der Waals surface area contributed by atoms with Gasteiger partial charge in [0, 0.05) is 5.56 Å². The highest BCUT2D eigenvalue weighted by atomic mass is 16.5. The fraction of sp³-hybridized carbons (Fsp3) is 0.300. The van der Waals surface area contributed by atoms with Crippen LogP contribution >= 0.6 is 0 Å². The van der Waals surface area contributed by atoms with Gasteiger partial charge in [-0.15, -0.1) is 0 Å². The quantitative estimate of drug-likeness (QED) is 0.630. The van der Waals surface area contributed by atoms with E-state index in [2.05, 4.69) is 0 Å². The topological polar surface area (TPSA) is 92.8 Å². The molecule has 0 bridgehead atoms. The summed E-state index contributed by atoms with van der Waals surface area (Å²) in [6, 6.07) is 6.54. The molecule has 0 aliphatic heterocycles. The Morgan fingerprint density at radius 3 is 2.53 bits per heavy atom. The van der Waals surface area contributed by atoms with Gasteiger partial charge in [0.1, 0.15) is 11.9 Å². The number of nitrogens with two attached hydrogens (primary N) is 1. The highest BCUT2D eigenvalue weighted by Crippen LogP contribution is 2.26. The lowest BCUT2D eigenvalue weighted by molar-refractivity contribution is -0.132. The maximum Gasteiger partial charge on any atom is 0.249 e. The number of methoxy groups -OCH3 is 1. The van der Waals surface area contributed by atoms with E-state index in [9.17, 15) is 15.0 Å². The van der Waals surface area contributed by atoms with Crippen molar-refractivity contribution >= 4 is 5.91 Å². The SMILES string of the molecule is COc1ccccc1C(O)C(O)C(N)=O. The van der Waals surface area contributed by atoms with Gasteiger partial charge in [0.05, 0.1) is 7.11 Å². The van der Waals surface area contributed by atoms with Gasteiger partial charge in [-0.25, -0.2) is 0 Å². The molecule has 0 saturated carbocycles. The van der Waals surface area contributed by atoms with E-state index in [1.54, 1.807) is 24.3 Å². The number of rotatable bonds is 4. The first-order valence-electron chi connectivity index (χ1n) is 4.36. The molecule has 1 aromatic carbocycles. The summed E-state index contributed by atoms with van der Waals surface area (Å²) in [6.07, 6.45) is -3.01. The molecule has 0 saturated heterocycles. The number of carbonyl (C=O) groups excluding carboxylic acids is 1. The Labute approximate surface area is 87.1 Å². The Bertz CT molecular complexity index is 353. The van der Waals surface area contributed by atoms with E-state index < -0.39 is 18.1 Å². The Balaban J connectivity index is 2.99. The maximum absolute atomic E-state index is 10.7. The molecule has 0 aliphatic rings. The fourth-order valence-electron chi connectivity index (χ4n) is 1.24. The normalized spacial score (nSPS) is 14.3. The van der Waals surface area contributed by atoms with Crippen molar-refractivity contribution in [2.24, 2.45) is 5.73 Å². The Morgan fingerprint density at radius 2 is 2.00 bits per heavy atom. The van der Waals surface area contributed by atoms with Gasteiger partial charge in [0.15, 0.2) is 6.10 Å². The molecular formula is C10H13NO4.